The van der Waals surface area contributed by atoms with Crippen LogP contribution in [0.5, 0.6) is 0 Å². The van der Waals surface area contributed by atoms with Crippen molar-refractivity contribution in [3.8, 4) is 0 Å². The average molecular weight is 185 g/mol. The average Bonchev–Trinajstić information content (AvgIpc) is 2.74. The van der Waals surface area contributed by atoms with Crippen LogP contribution in [0, 0.1) is 5.92 Å². The number of nitrogens with one attached hydrogen (secondary N) is 1. The van der Waals surface area contributed by atoms with Crippen LogP contribution < -0.4 is 5.32 Å². The summed E-state index contributed by atoms with van der Waals surface area (Å²) in [4.78, 5) is 10.9. The highest BCUT2D eigenvalue weighted by Gasteiger charge is 2.39. The normalized spacial score (nSPS) is 39.5. The van der Waals surface area contributed by atoms with E-state index < -0.39 is 5.97 Å². The molecule has 2 aliphatic heterocycles. The molecule has 0 aromatic rings. The van der Waals surface area contributed by atoms with Crippen LogP contribution in [0.25, 0.3) is 0 Å². The van der Waals surface area contributed by atoms with E-state index in [1.165, 1.54) is 0 Å². The van der Waals surface area contributed by atoms with Crippen LogP contribution in [0.1, 0.15) is 19.3 Å². The number of aliphatic carboxylic acids is 1. The first-order valence-corrected chi connectivity index (χ1v) is 4.87. The second kappa shape index (κ2) is 3.64. The fraction of sp³-hybridized carbons (Fsp3) is 0.889. The van der Waals surface area contributed by atoms with E-state index in [1.54, 1.807) is 0 Å². The number of ether oxygens (including phenoxy) is 1. The Labute approximate surface area is 77.3 Å². The molecule has 13 heavy (non-hydrogen) atoms. The van der Waals surface area contributed by atoms with Crippen LogP contribution in [-0.4, -0.2) is 36.4 Å². The lowest BCUT2D eigenvalue weighted by Gasteiger charge is -2.21. The molecule has 2 fully saturated rings. The van der Waals surface area contributed by atoms with Gasteiger partial charge in [-0.3, -0.25) is 4.79 Å². The molecule has 3 atom stereocenters. The van der Waals surface area contributed by atoms with Crippen molar-refractivity contribution in [2.75, 3.05) is 13.2 Å². The van der Waals surface area contributed by atoms with Crippen LogP contribution >= 0.6 is 0 Å². The van der Waals surface area contributed by atoms with E-state index in [4.69, 9.17) is 9.84 Å². The molecule has 0 spiro atoms. The third-order valence-corrected chi connectivity index (χ3v) is 2.98. The predicted molar refractivity (Wildman–Crippen MR) is 46.5 cm³/mol. The van der Waals surface area contributed by atoms with Gasteiger partial charge < -0.3 is 15.2 Å². The van der Waals surface area contributed by atoms with Crippen LogP contribution in [-0.2, 0) is 9.53 Å². The van der Waals surface area contributed by atoms with Crippen LogP contribution in [0.3, 0.4) is 0 Å². The Bertz CT molecular complexity index is 201. The van der Waals surface area contributed by atoms with E-state index in [1.807, 2.05) is 0 Å². The lowest BCUT2D eigenvalue weighted by molar-refractivity contribution is -0.141. The monoisotopic (exact) mass is 185 g/mol. The fourth-order valence-electron chi connectivity index (χ4n) is 2.33. The van der Waals surface area contributed by atoms with E-state index >= 15 is 0 Å². The minimum absolute atomic E-state index is 0.177. The van der Waals surface area contributed by atoms with Crippen molar-refractivity contribution >= 4 is 5.97 Å². The van der Waals surface area contributed by atoms with E-state index in [-0.39, 0.29) is 18.1 Å². The molecule has 0 aliphatic carbocycles. The number of carboxylic acids is 1. The number of rotatable bonds is 2. The summed E-state index contributed by atoms with van der Waals surface area (Å²) in [5, 5.41) is 11.9. The van der Waals surface area contributed by atoms with Gasteiger partial charge in [0.1, 0.15) is 6.04 Å². The summed E-state index contributed by atoms with van der Waals surface area (Å²) >= 11 is 0. The van der Waals surface area contributed by atoms with Gasteiger partial charge >= 0.3 is 5.97 Å². The Hall–Kier alpha value is -0.610. The minimum Gasteiger partial charge on any atom is -0.480 e. The molecule has 0 saturated carbocycles. The zero-order valence-corrected chi connectivity index (χ0v) is 7.53. The second-order valence-corrected chi connectivity index (χ2v) is 3.77. The predicted octanol–water partition coefficient (Wildman–Crippen LogP) is 0.228. The Morgan fingerprint density at radius 1 is 1.46 bits per heavy atom. The number of carboxylic acid groups (broad SMARTS) is 1. The molecule has 2 aliphatic rings. The van der Waals surface area contributed by atoms with Gasteiger partial charge in [-0.15, -0.1) is 0 Å². The summed E-state index contributed by atoms with van der Waals surface area (Å²) < 4.78 is 5.51. The zero-order valence-electron chi connectivity index (χ0n) is 7.53. The Kier molecular flexibility index (Phi) is 2.51. The molecular weight excluding hydrogens is 170 g/mol. The fourth-order valence-corrected chi connectivity index (χ4v) is 2.33. The van der Waals surface area contributed by atoms with Gasteiger partial charge in [0, 0.05) is 12.5 Å². The topological polar surface area (TPSA) is 58.6 Å². The molecule has 4 nitrogen and oxygen atoms in total. The molecule has 0 bridgehead atoms. The maximum atomic E-state index is 10.9. The third-order valence-electron chi connectivity index (χ3n) is 2.98. The van der Waals surface area contributed by atoms with Gasteiger partial charge in [-0.05, 0) is 25.8 Å². The lowest BCUT2D eigenvalue weighted by Crippen LogP contribution is -2.40. The zero-order chi connectivity index (χ0) is 9.26. The van der Waals surface area contributed by atoms with E-state index in [2.05, 4.69) is 5.32 Å². The summed E-state index contributed by atoms with van der Waals surface area (Å²) in [5.74, 6) is -0.557. The molecule has 2 rings (SSSR count). The molecule has 0 aromatic heterocycles. The lowest BCUT2D eigenvalue weighted by atomic mass is 9.92. The van der Waals surface area contributed by atoms with E-state index in [0.717, 1.165) is 32.4 Å². The molecule has 74 valence electrons. The third kappa shape index (κ3) is 1.69. The Balaban J connectivity index is 2.00. The van der Waals surface area contributed by atoms with Crippen molar-refractivity contribution in [2.24, 2.45) is 5.92 Å². The first-order chi connectivity index (χ1) is 6.29. The Morgan fingerprint density at radius 2 is 2.31 bits per heavy atom. The first-order valence-electron chi connectivity index (χ1n) is 4.87. The quantitative estimate of drug-likeness (QED) is 0.646. The van der Waals surface area contributed by atoms with Gasteiger partial charge in [0.15, 0.2) is 0 Å². The maximum absolute atomic E-state index is 10.9. The highest BCUT2D eigenvalue weighted by Crippen LogP contribution is 2.28. The summed E-state index contributed by atoms with van der Waals surface area (Å²) in [5.41, 5.74) is 0. The number of hydrogen-bond acceptors (Lipinski definition) is 3. The van der Waals surface area contributed by atoms with Crippen molar-refractivity contribution in [2.45, 2.75) is 31.4 Å². The van der Waals surface area contributed by atoms with Crippen molar-refractivity contribution < 1.29 is 14.6 Å². The SMILES string of the molecule is O=C(O)[C@@H]1NCC[C@@H]1[C@H]1CCCO1. The highest BCUT2D eigenvalue weighted by atomic mass is 16.5. The summed E-state index contributed by atoms with van der Waals surface area (Å²) in [6.07, 6.45) is 3.21. The molecule has 0 aromatic carbocycles. The Morgan fingerprint density at radius 3 is 2.92 bits per heavy atom. The van der Waals surface area contributed by atoms with Gasteiger partial charge in [0.05, 0.1) is 6.10 Å². The molecule has 2 heterocycles. The van der Waals surface area contributed by atoms with Gasteiger partial charge in [-0.25, -0.2) is 0 Å². The molecule has 2 saturated heterocycles. The molecular formula is C9H15NO3. The molecule has 2 N–H and O–H groups in total. The van der Waals surface area contributed by atoms with E-state index in [0.29, 0.717) is 0 Å². The van der Waals surface area contributed by atoms with Gasteiger partial charge in [-0.1, -0.05) is 0 Å². The van der Waals surface area contributed by atoms with Crippen molar-refractivity contribution in [1.82, 2.24) is 5.32 Å². The summed E-state index contributed by atoms with van der Waals surface area (Å²) in [6, 6.07) is -0.386. The molecule has 0 radical (unpaired) electrons. The van der Waals surface area contributed by atoms with Crippen molar-refractivity contribution in [1.29, 1.82) is 0 Å². The van der Waals surface area contributed by atoms with Crippen LogP contribution in [0.15, 0.2) is 0 Å². The van der Waals surface area contributed by atoms with Crippen molar-refractivity contribution in [3.63, 3.8) is 0 Å². The van der Waals surface area contributed by atoms with Crippen LogP contribution in [0.4, 0.5) is 0 Å². The standard InChI is InChI=1S/C9H15NO3/c11-9(12)8-6(3-4-10-8)7-2-1-5-13-7/h6-8,10H,1-5H2,(H,11,12)/t6-,7-,8-/m1/s1. The smallest absolute Gasteiger partial charge is 0.321 e. The molecule has 0 unspecified atom stereocenters. The summed E-state index contributed by atoms with van der Waals surface area (Å²) in [6.45, 7) is 1.61. The minimum atomic E-state index is -0.738. The van der Waals surface area contributed by atoms with Crippen LogP contribution in [0.2, 0.25) is 0 Å². The summed E-state index contributed by atoms with van der Waals surface area (Å²) in [7, 11) is 0. The molecule has 0 amide bonds. The largest absolute Gasteiger partial charge is 0.480 e. The van der Waals surface area contributed by atoms with Gasteiger partial charge in [0.25, 0.3) is 0 Å². The van der Waals surface area contributed by atoms with Gasteiger partial charge in [0.2, 0.25) is 0 Å². The van der Waals surface area contributed by atoms with E-state index in [9.17, 15) is 4.79 Å². The van der Waals surface area contributed by atoms with Crippen molar-refractivity contribution in [3.05, 3.63) is 0 Å². The number of hydrogen-bond donors (Lipinski definition) is 2. The molecule has 4 heteroatoms. The first kappa shape index (κ1) is 8.97. The number of carbonyl (C=O) groups is 1. The maximum Gasteiger partial charge on any atom is 0.321 e. The highest BCUT2D eigenvalue weighted by molar-refractivity contribution is 5.74. The second-order valence-electron chi connectivity index (χ2n) is 3.77. The van der Waals surface area contributed by atoms with Gasteiger partial charge in [-0.2, -0.15) is 0 Å².